The SMILES string of the molecule is CCCCCCCCCCCCCCCCCc1ccsc1-c1ccc(-c2ccc(-c3sccc3CCCCCCCCCCCCCCCCC)s2)s1. The van der Waals surface area contributed by atoms with Crippen LogP contribution in [-0.2, 0) is 12.8 Å². The largest absolute Gasteiger partial charge is 0.143 e. The molecule has 0 saturated carbocycles. The average Bonchev–Trinajstić information content (AvgIpc) is 4.02. The summed E-state index contributed by atoms with van der Waals surface area (Å²) in [5.74, 6) is 0. The zero-order chi connectivity index (χ0) is 37.7. The highest BCUT2D eigenvalue weighted by Gasteiger charge is 2.14. The van der Waals surface area contributed by atoms with Crippen LogP contribution in [0.1, 0.15) is 218 Å². The molecule has 54 heavy (non-hydrogen) atoms. The minimum Gasteiger partial charge on any atom is -0.143 e. The third-order valence-corrected chi connectivity index (χ3v) is 16.1. The summed E-state index contributed by atoms with van der Waals surface area (Å²) < 4.78 is 0. The topological polar surface area (TPSA) is 0 Å². The van der Waals surface area contributed by atoms with E-state index in [1.54, 1.807) is 11.1 Å². The molecule has 0 amide bonds. The van der Waals surface area contributed by atoms with Gasteiger partial charge in [0.15, 0.2) is 0 Å². The monoisotopic (exact) mass is 806 g/mol. The van der Waals surface area contributed by atoms with E-state index in [0.29, 0.717) is 0 Å². The molecule has 0 aliphatic carbocycles. The molecule has 0 bridgehead atoms. The first kappa shape index (κ1) is 45.5. The second-order valence-electron chi connectivity index (χ2n) is 16.3. The lowest BCUT2D eigenvalue weighted by Gasteiger charge is -2.04. The van der Waals surface area contributed by atoms with Gasteiger partial charge in [0.2, 0.25) is 0 Å². The van der Waals surface area contributed by atoms with Crippen molar-refractivity contribution in [3.63, 3.8) is 0 Å². The molecule has 0 aliphatic rings. The van der Waals surface area contributed by atoms with Crippen LogP contribution in [0.4, 0.5) is 0 Å². The predicted molar refractivity (Wildman–Crippen MR) is 252 cm³/mol. The average molecular weight is 807 g/mol. The van der Waals surface area contributed by atoms with Crippen molar-refractivity contribution in [3.05, 3.63) is 58.3 Å². The number of aryl methyl sites for hydroxylation is 2. The van der Waals surface area contributed by atoms with E-state index in [-0.39, 0.29) is 0 Å². The summed E-state index contributed by atoms with van der Waals surface area (Å²) in [6.45, 7) is 4.61. The molecule has 0 unspecified atom stereocenters. The molecule has 0 nitrogen and oxygen atoms in total. The van der Waals surface area contributed by atoms with E-state index in [9.17, 15) is 0 Å². The zero-order valence-corrected chi connectivity index (χ0v) is 38.1. The summed E-state index contributed by atoms with van der Waals surface area (Å²) in [4.78, 5) is 8.78. The third-order valence-electron chi connectivity index (χ3n) is 11.5. The molecule has 302 valence electrons. The van der Waals surface area contributed by atoms with E-state index in [1.165, 1.54) is 235 Å². The smallest absolute Gasteiger partial charge is 0.0474 e. The molecule has 0 aromatic carbocycles. The summed E-state index contributed by atoms with van der Waals surface area (Å²) in [7, 11) is 0. The molecule has 4 aromatic heterocycles. The summed E-state index contributed by atoms with van der Waals surface area (Å²) in [6, 6.07) is 14.3. The number of hydrogen-bond donors (Lipinski definition) is 0. The highest BCUT2D eigenvalue weighted by atomic mass is 32.1. The van der Waals surface area contributed by atoms with Crippen molar-refractivity contribution in [3.8, 4) is 29.3 Å². The Labute approximate surface area is 350 Å². The van der Waals surface area contributed by atoms with Gasteiger partial charge in [0.1, 0.15) is 0 Å². The summed E-state index contributed by atoms with van der Waals surface area (Å²) in [6.07, 6.45) is 45.3. The molecule has 4 heterocycles. The van der Waals surface area contributed by atoms with Crippen molar-refractivity contribution in [2.75, 3.05) is 0 Å². The van der Waals surface area contributed by atoms with E-state index in [1.807, 2.05) is 45.3 Å². The third kappa shape index (κ3) is 18.4. The Kier molecular flexibility index (Phi) is 25.2. The zero-order valence-electron chi connectivity index (χ0n) is 34.9. The van der Waals surface area contributed by atoms with Crippen LogP contribution < -0.4 is 0 Å². The van der Waals surface area contributed by atoms with Gasteiger partial charge in [-0.3, -0.25) is 0 Å². The molecular weight excluding hydrogens is 729 g/mol. The minimum atomic E-state index is 1.23. The fourth-order valence-corrected chi connectivity index (χ4v) is 12.4. The van der Waals surface area contributed by atoms with Gasteiger partial charge in [-0.25, -0.2) is 0 Å². The van der Waals surface area contributed by atoms with Gasteiger partial charge in [-0.2, -0.15) is 0 Å². The first-order valence-electron chi connectivity index (χ1n) is 23.1. The molecule has 0 radical (unpaired) electrons. The van der Waals surface area contributed by atoms with E-state index in [4.69, 9.17) is 0 Å². The fraction of sp³-hybridized carbons (Fsp3) is 0.680. The molecular formula is C50H78S4. The molecule has 0 aliphatic heterocycles. The van der Waals surface area contributed by atoms with Gasteiger partial charge >= 0.3 is 0 Å². The molecule has 4 rings (SSSR count). The highest BCUT2D eigenvalue weighted by molar-refractivity contribution is 7.28. The fourth-order valence-electron chi connectivity index (χ4n) is 8.06. The van der Waals surface area contributed by atoms with E-state index >= 15 is 0 Å². The first-order valence-corrected chi connectivity index (χ1v) is 26.5. The van der Waals surface area contributed by atoms with Crippen molar-refractivity contribution >= 4 is 45.3 Å². The Morgan fingerprint density at radius 3 is 0.852 bits per heavy atom. The van der Waals surface area contributed by atoms with Gasteiger partial charge in [-0.15, -0.1) is 45.3 Å². The maximum Gasteiger partial charge on any atom is 0.0474 e. The number of thiophene rings is 4. The van der Waals surface area contributed by atoms with Crippen LogP contribution in [0.3, 0.4) is 0 Å². The van der Waals surface area contributed by atoms with E-state index in [0.717, 1.165) is 0 Å². The van der Waals surface area contributed by atoms with Crippen LogP contribution in [0, 0.1) is 0 Å². The van der Waals surface area contributed by atoms with Crippen LogP contribution in [-0.4, -0.2) is 0 Å². The quantitative estimate of drug-likeness (QED) is 0.0406. The summed E-state index contributed by atoms with van der Waals surface area (Å²) in [5.41, 5.74) is 3.13. The Morgan fingerprint density at radius 1 is 0.296 bits per heavy atom. The van der Waals surface area contributed by atoms with E-state index < -0.39 is 0 Å². The Hall–Kier alpha value is -1.20. The van der Waals surface area contributed by atoms with Gasteiger partial charge in [-0.05, 0) is 84.0 Å². The maximum atomic E-state index is 2.39. The predicted octanol–water partition coefficient (Wildman–Crippen LogP) is 19.8. The molecule has 0 saturated heterocycles. The number of unbranched alkanes of at least 4 members (excludes halogenated alkanes) is 28. The first-order chi connectivity index (χ1) is 26.8. The van der Waals surface area contributed by atoms with Gasteiger partial charge in [0.25, 0.3) is 0 Å². The lowest BCUT2D eigenvalue weighted by Crippen LogP contribution is -1.86. The van der Waals surface area contributed by atoms with Crippen molar-refractivity contribution in [1.29, 1.82) is 0 Å². The minimum absolute atomic E-state index is 1.23. The van der Waals surface area contributed by atoms with Crippen LogP contribution in [0.5, 0.6) is 0 Å². The van der Waals surface area contributed by atoms with E-state index in [2.05, 4.69) is 61.0 Å². The van der Waals surface area contributed by atoms with Crippen LogP contribution in [0.15, 0.2) is 47.2 Å². The van der Waals surface area contributed by atoms with Crippen molar-refractivity contribution in [1.82, 2.24) is 0 Å². The molecule has 0 fully saturated rings. The number of hydrogen-bond acceptors (Lipinski definition) is 4. The molecule has 0 N–H and O–H groups in total. The van der Waals surface area contributed by atoms with Gasteiger partial charge < -0.3 is 0 Å². The van der Waals surface area contributed by atoms with Crippen molar-refractivity contribution in [2.45, 2.75) is 219 Å². The lowest BCUT2D eigenvalue weighted by molar-refractivity contribution is 0.532. The summed E-state index contributed by atoms with van der Waals surface area (Å²) in [5, 5.41) is 4.63. The molecule has 4 heteroatoms. The standard InChI is InChI=1S/C50H78S4/c1-3-5-7-9-11-13-15-17-19-21-23-25-27-29-31-33-43-39-41-51-49(43)47-37-35-45(53-47)46-36-38-48(54-46)50-44(40-42-52-50)34-32-30-28-26-24-22-20-18-16-14-12-10-8-6-4-2/h35-42H,3-34H2,1-2H3. The lowest BCUT2D eigenvalue weighted by atomic mass is 10.0. The Bertz CT molecular complexity index is 1320. The van der Waals surface area contributed by atoms with Crippen molar-refractivity contribution in [2.24, 2.45) is 0 Å². The van der Waals surface area contributed by atoms with Crippen LogP contribution in [0.25, 0.3) is 29.3 Å². The number of rotatable bonds is 35. The Balaban J connectivity index is 1.07. The van der Waals surface area contributed by atoms with Gasteiger partial charge in [-0.1, -0.05) is 194 Å². The van der Waals surface area contributed by atoms with Gasteiger partial charge in [0.05, 0.1) is 0 Å². The summed E-state index contributed by atoms with van der Waals surface area (Å²) >= 11 is 7.87. The van der Waals surface area contributed by atoms with Crippen LogP contribution in [0.2, 0.25) is 0 Å². The second-order valence-corrected chi connectivity index (χ2v) is 20.3. The maximum absolute atomic E-state index is 2.39. The van der Waals surface area contributed by atoms with Crippen molar-refractivity contribution < 1.29 is 0 Å². The highest BCUT2D eigenvalue weighted by Crippen LogP contribution is 2.44. The Morgan fingerprint density at radius 2 is 0.556 bits per heavy atom. The molecule has 4 aromatic rings. The molecule has 0 atom stereocenters. The second kappa shape index (κ2) is 30.0. The normalized spacial score (nSPS) is 11.7. The van der Waals surface area contributed by atoms with Crippen LogP contribution >= 0.6 is 45.3 Å². The van der Waals surface area contributed by atoms with Gasteiger partial charge in [0, 0.05) is 29.3 Å². The molecule has 0 spiro atoms.